The third kappa shape index (κ3) is 3.13. The van der Waals surface area contributed by atoms with Crippen LogP contribution in [0.15, 0.2) is 29.2 Å². The predicted molar refractivity (Wildman–Crippen MR) is 86.1 cm³/mol. The van der Waals surface area contributed by atoms with Crippen molar-refractivity contribution >= 4 is 32.6 Å². The van der Waals surface area contributed by atoms with Crippen LogP contribution in [0.2, 0.25) is 0 Å². The number of halogens is 1. The molecule has 2 rings (SSSR count). The van der Waals surface area contributed by atoms with Crippen molar-refractivity contribution in [2.75, 3.05) is 11.0 Å². The summed E-state index contributed by atoms with van der Waals surface area (Å²) in [6, 6.07) is 7.24. The minimum Gasteiger partial charge on any atom is -0.207 e. The van der Waals surface area contributed by atoms with Crippen molar-refractivity contribution in [3.05, 3.63) is 29.8 Å². The molecular weight excluding hydrogens is 373 g/mol. The lowest BCUT2D eigenvalue weighted by molar-refractivity contribution is 0.371. The number of hydrogen-bond donors (Lipinski definition) is 0. The minimum atomic E-state index is -3.36. The highest BCUT2D eigenvalue weighted by atomic mass is 127. The van der Waals surface area contributed by atoms with E-state index in [1.165, 1.54) is 0 Å². The Morgan fingerprint density at radius 3 is 2.42 bits per heavy atom. The summed E-state index contributed by atoms with van der Waals surface area (Å²) in [5, 5.41) is 0. The van der Waals surface area contributed by atoms with Crippen LogP contribution < -0.4 is 0 Å². The number of aryl methyl sites for hydroxylation is 1. The number of nitrogens with zero attached hydrogens (tertiary/aromatic N) is 1. The number of benzene rings is 1. The fourth-order valence-corrected chi connectivity index (χ4v) is 5.48. The summed E-state index contributed by atoms with van der Waals surface area (Å²) in [5.41, 5.74) is 1.14. The first-order valence-corrected chi connectivity index (χ1v) is 9.37. The average molecular weight is 393 g/mol. The fraction of sp³-hybridized carbons (Fsp3) is 0.571. The quantitative estimate of drug-likeness (QED) is 0.584. The van der Waals surface area contributed by atoms with Gasteiger partial charge < -0.3 is 0 Å². The van der Waals surface area contributed by atoms with Crippen LogP contribution in [-0.4, -0.2) is 29.7 Å². The van der Waals surface area contributed by atoms with Gasteiger partial charge in [-0.15, -0.1) is 0 Å². The van der Waals surface area contributed by atoms with Crippen molar-refractivity contribution in [1.82, 2.24) is 4.31 Å². The molecule has 1 saturated heterocycles. The summed E-state index contributed by atoms with van der Waals surface area (Å²) in [4.78, 5) is 0.408. The zero-order valence-corrected chi connectivity index (χ0v) is 14.5. The van der Waals surface area contributed by atoms with E-state index in [1.807, 2.05) is 19.1 Å². The summed E-state index contributed by atoms with van der Waals surface area (Å²) in [5.74, 6) is 0. The standard InChI is InChI=1S/C14H20INO2S/c1-11-4-6-13(7-5-11)19(17,18)16-10-14(2,3)8-12(16)9-15/h4-7,12H,8-10H2,1-3H3. The number of hydrogen-bond acceptors (Lipinski definition) is 2. The molecule has 0 bridgehead atoms. The van der Waals surface area contributed by atoms with Gasteiger partial charge in [-0.3, -0.25) is 0 Å². The van der Waals surface area contributed by atoms with E-state index in [4.69, 9.17) is 0 Å². The summed E-state index contributed by atoms with van der Waals surface area (Å²) < 4.78 is 28.0. The molecule has 106 valence electrons. The van der Waals surface area contributed by atoms with E-state index in [9.17, 15) is 8.42 Å². The summed E-state index contributed by atoms with van der Waals surface area (Å²) in [6.45, 7) is 6.84. The third-order valence-corrected chi connectivity index (χ3v) is 6.51. The first-order chi connectivity index (χ1) is 8.76. The van der Waals surface area contributed by atoms with Crippen LogP contribution in [0.5, 0.6) is 0 Å². The summed E-state index contributed by atoms with van der Waals surface area (Å²) in [7, 11) is -3.36. The van der Waals surface area contributed by atoms with Crippen LogP contribution in [-0.2, 0) is 10.0 Å². The molecule has 3 nitrogen and oxygen atoms in total. The molecule has 0 aliphatic carbocycles. The molecule has 0 radical (unpaired) electrons. The molecule has 1 aromatic carbocycles. The van der Waals surface area contributed by atoms with E-state index in [-0.39, 0.29) is 11.5 Å². The van der Waals surface area contributed by atoms with Gasteiger partial charge in [0.2, 0.25) is 10.0 Å². The first kappa shape index (κ1) is 15.3. The number of rotatable bonds is 3. The molecule has 1 fully saturated rings. The zero-order valence-electron chi connectivity index (χ0n) is 11.6. The van der Waals surface area contributed by atoms with E-state index in [2.05, 4.69) is 36.4 Å². The molecule has 5 heteroatoms. The second-order valence-corrected chi connectivity index (χ2v) is 8.81. The van der Waals surface area contributed by atoms with E-state index in [1.54, 1.807) is 16.4 Å². The van der Waals surface area contributed by atoms with Crippen LogP contribution in [0.25, 0.3) is 0 Å². The van der Waals surface area contributed by atoms with Crippen molar-refractivity contribution < 1.29 is 8.42 Å². The van der Waals surface area contributed by atoms with Crippen molar-refractivity contribution in [2.45, 2.75) is 38.1 Å². The average Bonchev–Trinajstić information content (AvgIpc) is 2.66. The molecule has 1 aliphatic rings. The van der Waals surface area contributed by atoms with Crippen molar-refractivity contribution in [3.8, 4) is 0 Å². The lowest BCUT2D eigenvalue weighted by Gasteiger charge is -2.23. The highest BCUT2D eigenvalue weighted by Gasteiger charge is 2.43. The van der Waals surface area contributed by atoms with Gasteiger partial charge in [0.25, 0.3) is 0 Å². The van der Waals surface area contributed by atoms with Crippen molar-refractivity contribution in [2.24, 2.45) is 5.41 Å². The van der Waals surface area contributed by atoms with Crippen LogP contribution >= 0.6 is 22.6 Å². The third-order valence-electron chi connectivity index (χ3n) is 3.59. The maximum absolute atomic E-state index is 12.7. The molecule has 1 aromatic rings. The van der Waals surface area contributed by atoms with Gasteiger partial charge in [0.1, 0.15) is 0 Å². The van der Waals surface area contributed by atoms with Gasteiger partial charge in [-0.1, -0.05) is 54.1 Å². The molecular formula is C14H20INO2S. The van der Waals surface area contributed by atoms with Crippen LogP contribution in [0.1, 0.15) is 25.8 Å². The molecule has 1 atom stereocenters. The Morgan fingerprint density at radius 2 is 1.89 bits per heavy atom. The molecule has 1 unspecified atom stereocenters. The molecule has 0 aromatic heterocycles. The topological polar surface area (TPSA) is 37.4 Å². The highest BCUT2D eigenvalue weighted by molar-refractivity contribution is 14.1. The maximum Gasteiger partial charge on any atom is 0.243 e. The fourth-order valence-electron chi connectivity index (χ4n) is 2.61. The summed E-state index contributed by atoms with van der Waals surface area (Å²) in [6.07, 6.45) is 0.932. The van der Waals surface area contributed by atoms with E-state index < -0.39 is 10.0 Å². The number of sulfonamides is 1. The molecule has 0 spiro atoms. The van der Waals surface area contributed by atoms with Gasteiger partial charge in [0, 0.05) is 17.0 Å². The smallest absolute Gasteiger partial charge is 0.207 e. The maximum atomic E-state index is 12.7. The normalized spacial score (nSPS) is 23.7. The molecule has 0 saturated carbocycles. The molecule has 1 aliphatic heterocycles. The van der Waals surface area contributed by atoms with Gasteiger partial charge in [-0.05, 0) is 30.9 Å². The Labute approximate surface area is 129 Å². The SMILES string of the molecule is Cc1ccc(S(=O)(=O)N2CC(C)(C)CC2CI)cc1. The van der Waals surface area contributed by atoms with E-state index >= 15 is 0 Å². The minimum absolute atomic E-state index is 0.0631. The van der Waals surface area contributed by atoms with Gasteiger partial charge in [0.15, 0.2) is 0 Å². The van der Waals surface area contributed by atoms with Crippen molar-refractivity contribution in [3.63, 3.8) is 0 Å². The highest BCUT2D eigenvalue weighted by Crippen LogP contribution is 2.38. The first-order valence-electron chi connectivity index (χ1n) is 6.41. The van der Waals surface area contributed by atoms with Crippen molar-refractivity contribution in [1.29, 1.82) is 0 Å². The Balaban J connectivity index is 2.36. The molecule has 19 heavy (non-hydrogen) atoms. The lowest BCUT2D eigenvalue weighted by atomic mass is 9.91. The zero-order chi connectivity index (χ0) is 14.3. The predicted octanol–water partition coefficient (Wildman–Crippen LogP) is 3.22. The van der Waals surface area contributed by atoms with Gasteiger partial charge in [0.05, 0.1) is 4.90 Å². The lowest BCUT2D eigenvalue weighted by Crippen LogP contribution is -2.37. The Bertz CT molecular complexity index is 551. The molecule has 0 amide bonds. The second-order valence-electron chi connectivity index (χ2n) is 6.04. The van der Waals surface area contributed by atoms with E-state index in [0.29, 0.717) is 11.4 Å². The Hall–Kier alpha value is -0.140. The Kier molecular flexibility index (Phi) is 4.28. The largest absolute Gasteiger partial charge is 0.243 e. The second kappa shape index (κ2) is 5.33. The number of alkyl halides is 1. The van der Waals surface area contributed by atoms with Gasteiger partial charge in [-0.25, -0.2) is 8.42 Å². The van der Waals surface area contributed by atoms with Gasteiger partial charge >= 0.3 is 0 Å². The van der Waals surface area contributed by atoms with Gasteiger partial charge in [-0.2, -0.15) is 4.31 Å². The Morgan fingerprint density at radius 1 is 1.32 bits per heavy atom. The van der Waals surface area contributed by atoms with Crippen LogP contribution in [0.4, 0.5) is 0 Å². The molecule has 1 heterocycles. The van der Waals surface area contributed by atoms with Crippen LogP contribution in [0.3, 0.4) is 0 Å². The summed E-state index contributed by atoms with van der Waals surface area (Å²) >= 11 is 2.28. The molecule has 0 N–H and O–H groups in total. The monoisotopic (exact) mass is 393 g/mol. The van der Waals surface area contributed by atoms with E-state index in [0.717, 1.165) is 16.4 Å². The van der Waals surface area contributed by atoms with Crippen LogP contribution in [0, 0.1) is 12.3 Å².